The number of nitrogens with zero attached hydrogens (tertiary/aromatic N) is 1. The van der Waals surface area contributed by atoms with Crippen molar-refractivity contribution in [2.24, 2.45) is 0 Å². The fourth-order valence-corrected chi connectivity index (χ4v) is 3.42. The number of benzene rings is 1. The molecule has 0 radical (unpaired) electrons. The number of hydrogen-bond donors (Lipinski definition) is 2. The summed E-state index contributed by atoms with van der Waals surface area (Å²) in [6, 6.07) is 5.31. The highest BCUT2D eigenvalue weighted by Gasteiger charge is 2.32. The van der Waals surface area contributed by atoms with Crippen molar-refractivity contribution in [3.05, 3.63) is 64.7 Å². The number of carbonyl (C=O) groups excluding carboxylic acids is 1. The zero-order valence-corrected chi connectivity index (χ0v) is 18.4. The van der Waals surface area contributed by atoms with Gasteiger partial charge in [0.05, 0.1) is 18.0 Å². The summed E-state index contributed by atoms with van der Waals surface area (Å²) in [5, 5.41) is 2.62. The number of halogens is 4. The highest BCUT2D eigenvalue weighted by Crippen LogP contribution is 2.29. The molecule has 6 nitrogen and oxygen atoms in total. The van der Waals surface area contributed by atoms with Gasteiger partial charge >= 0.3 is 6.18 Å². The average molecular weight is 473 g/mol. The lowest BCUT2D eigenvalue weighted by molar-refractivity contribution is -0.141. The van der Waals surface area contributed by atoms with Crippen molar-refractivity contribution in [3.8, 4) is 0 Å². The van der Waals surface area contributed by atoms with Crippen molar-refractivity contribution < 1.29 is 30.8 Å². The van der Waals surface area contributed by atoms with Crippen LogP contribution in [0.25, 0.3) is 6.08 Å². The van der Waals surface area contributed by atoms with E-state index < -0.39 is 39.7 Å². The maximum atomic E-state index is 14.1. The average Bonchev–Trinajstić information content (AvgIpc) is 2.67. The molecule has 174 valence electrons. The Morgan fingerprint density at radius 2 is 1.91 bits per heavy atom. The number of anilines is 1. The van der Waals surface area contributed by atoms with Crippen LogP contribution < -0.4 is 10.0 Å². The zero-order chi connectivity index (χ0) is 24.1. The molecule has 2 rings (SSSR count). The number of nitrogens with one attached hydrogen (secondary N) is 2. The minimum absolute atomic E-state index is 0.215. The van der Waals surface area contributed by atoms with Crippen LogP contribution in [0.5, 0.6) is 0 Å². The van der Waals surface area contributed by atoms with Gasteiger partial charge in [0.15, 0.2) is 0 Å². The van der Waals surface area contributed by atoms with E-state index in [1.54, 1.807) is 13.8 Å². The summed E-state index contributed by atoms with van der Waals surface area (Å²) in [6.07, 6.45) is -0.231. The molecule has 0 aliphatic heterocycles. The number of aryl methyl sites for hydroxylation is 1. The molecule has 2 N–H and O–H groups in total. The molecule has 0 aliphatic carbocycles. The Labute approximate surface area is 183 Å². The molecular weight excluding hydrogens is 450 g/mol. The Bertz CT molecular complexity index is 1120. The van der Waals surface area contributed by atoms with Crippen molar-refractivity contribution in [1.82, 2.24) is 10.3 Å². The summed E-state index contributed by atoms with van der Waals surface area (Å²) in [7, 11) is -3.64. The molecule has 0 bridgehead atoms. The van der Waals surface area contributed by atoms with Crippen LogP contribution in [0.1, 0.15) is 48.8 Å². The van der Waals surface area contributed by atoms with E-state index >= 15 is 0 Å². The lowest BCUT2D eigenvalue weighted by Crippen LogP contribution is -2.24. The van der Waals surface area contributed by atoms with E-state index in [-0.39, 0.29) is 11.4 Å². The molecule has 1 aromatic heterocycles. The third-order valence-electron chi connectivity index (χ3n) is 4.35. The third kappa shape index (κ3) is 7.33. The Balaban J connectivity index is 2.12. The van der Waals surface area contributed by atoms with Gasteiger partial charge in [-0.05, 0) is 48.7 Å². The summed E-state index contributed by atoms with van der Waals surface area (Å²) < 4.78 is 77.3. The summed E-state index contributed by atoms with van der Waals surface area (Å²) in [6.45, 7) is 3.41. The van der Waals surface area contributed by atoms with Crippen LogP contribution in [0.3, 0.4) is 0 Å². The molecule has 1 aromatic carbocycles. The maximum Gasteiger partial charge on any atom is 0.433 e. The van der Waals surface area contributed by atoms with Crippen LogP contribution in [0.15, 0.2) is 36.4 Å². The lowest BCUT2D eigenvalue weighted by Gasteiger charge is -2.15. The fourth-order valence-electron chi connectivity index (χ4n) is 2.85. The predicted molar refractivity (Wildman–Crippen MR) is 114 cm³/mol. The van der Waals surface area contributed by atoms with E-state index in [1.165, 1.54) is 24.3 Å². The van der Waals surface area contributed by atoms with Crippen LogP contribution in [-0.2, 0) is 27.4 Å². The number of pyridine rings is 1. The number of carbonyl (C=O) groups is 1. The van der Waals surface area contributed by atoms with Gasteiger partial charge in [-0.3, -0.25) is 9.52 Å². The highest BCUT2D eigenvalue weighted by molar-refractivity contribution is 7.92. The van der Waals surface area contributed by atoms with Gasteiger partial charge in [0.2, 0.25) is 15.9 Å². The van der Waals surface area contributed by atoms with Gasteiger partial charge in [0.1, 0.15) is 11.5 Å². The smallest absolute Gasteiger partial charge is 0.346 e. The van der Waals surface area contributed by atoms with E-state index in [1.807, 2.05) is 4.72 Å². The van der Waals surface area contributed by atoms with E-state index in [9.17, 15) is 30.8 Å². The fraction of sp³-hybridized carbons (Fsp3) is 0.333. The SMILES string of the molecule is CCCc1nc(C(F)(F)F)ccc1/C=C/C(=O)N[C@H](C)c1ccc(NS(C)(=O)=O)c(F)c1. The number of sulfonamides is 1. The second-order valence-corrected chi connectivity index (χ2v) is 8.91. The summed E-state index contributed by atoms with van der Waals surface area (Å²) in [4.78, 5) is 15.9. The predicted octanol–water partition coefficient (Wildman–Crippen LogP) is 4.45. The molecule has 0 unspecified atom stereocenters. The van der Waals surface area contributed by atoms with Crippen LogP contribution in [0, 0.1) is 5.82 Å². The van der Waals surface area contributed by atoms with E-state index in [0.717, 1.165) is 24.5 Å². The van der Waals surface area contributed by atoms with Crippen molar-refractivity contribution in [3.63, 3.8) is 0 Å². The van der Waals surface area contributed by atoms with Gasteiger partial charge in [0.25, 0.3) is 0 Å². The lowest BCUT2D eigenvalue weighted by atomic mass is 10.1. The Morgan fingerprint density at radius 1 is 1.22 bits per heavy atom. The minimum atomic E-state index is -4.56. The van der Waals surface area contributed by atoms with E-state index in [2.05, 4.69) is 10.3 Å². The first-order valence-corrected chi connectivity index (χ1v) is 11.5. The Hall–Kier alpha value is -2.95. The first-order valence-electron chi connectivity index (χ1n) is 9.63. The molecule has 11 heteroatoms. The third-order valence-corrected chi connectivity index (χ3v) is 4.94. The van der Waals surface area contributed by atoms with Gasteiger partial charge in [-0.15, -0.1) is 0 Å². The largest absolute Gasteiger partial charge is 0.433 e. The zero-order valence-electron chi connectivity index (χ0n) is 17.6. The Morgan fingerprint density at radius 3 is 2.47 bits per heavy atom. The van der Waals surface area contributed by atoms with Gasteiger partial charge < -0.3 is 5.32 Å². The second-order valence-electron chi connectivity index (χ2n) is 7.16. The Kier molecular flexibility index (Phi) is 8.00. The molecule has 1 heterocycles. The molecule has 1 amide bonds. The number of rotatable bonds is 8. The molecule has 32 heavy (non-hydrogen) atoms. The summed E-state index contributed by atoms with van der Waals surface area (Å²) in [5.74, 6) is -1.34. The normalized spacial score (nSPS) is 13.2. The molecule has 0 saturated heterocycles. The molecule has 0 saturated carbocycles. The quantitative estimate of drug-likeness (QED) is 0.438. The number of amides is 1. The summed E-state index contributed by atoms with van der Waals surface area (Å²) >= 11 is 0. The molecule has 2 aromatic rings. The first-order chi connectivity index (χ1) is 14.8. The van der Waals surface area contributed by atoms with Crippen LogP contribution in [0.2, 0.25) is 0 Å². The first kappa shape index (κ1) is 25.3. The molecule has 1 atom stereocenters. The van der Waals surface area contributed by atoms with Gasteiger partial charge in [-0.2, -0.15) is 13.2 Å². The van der Waals surface area contributed by atoms with Crippen molar-refractivity contribution in [2.75, 3.05) is 11.0 Å². The van der Waals surface area contributed by atoms with Crippen molar-refractivity contribution in [2.45, 2.75) is 38.9 Å². The van der Waals surface area contributed by atoms with Crippen LogP contribution >= 0.6 is 0 Å². The minimum Gasteiger partial charge on any atom is -0.346 e. The standard InChI is InChI=1S/C21H23F4N3O3S/c1-4-5-17-14(7-10-19(27-17)21(23,24)25)8-11-20(29)26-13(2)15-6-9-18(16(22)12-15)28-32(3,30)31/h6-13,28H,4-5H2,1-3H3,(H,26,29)/b11-8+/t13-/m1/s1. The summed E-state index contributed by atoms with van der Waals surface area (Å²) in [5.41, 5.74) is -0.188. The van der Waals surface area contributed by atoms with Gasteiger partial charge in [0, 0.05) is 11.8 Å². The van der Waals surface area contributed by atoms with Gasteiger partial charge in [-0.1, -0.05) is 25.5 Å². The maximum absolute atomic E-state index is 14.1. The van der Waals surface area contributed by atoms with E-state index in [4.69, 9.17) is 0 Å². The molecule has 0 fully saturated rings. The molecule has 0 aliphatic rings. The van der Waals surface area contributed by atoms with Crippen LogP contribution in [0.4, 0.5) is 23.2 Å². The number of hydrogen-bond acceptors (Lipinski definition) is 4. The molecular formula is C21H23F4N3O3S. The van der Waals surface area contributed by atoms with Gasteiger partial charge in [-0.25, -0.2) is 17.8 Å². The second kappa shape index (κ2) is 10.1. The number of alkyl halides is 3. The molecule has 0 spiro atoms. The highest BCUT2D eigenvalue weighted by atomic mass is 32.2. The van der Waals surface area contributed by atoms with Crippen LogP contribution in [-0.4, -0.2) is 25.6 Å². The number of aromatic nitrogens is 1. The van der Waals surface area contributed by atoms with Crippen molar-refractivity contribution in [1.29, 1.82) is 0 Å². The van der Waals surface area contributed by atoms with Crippen molar-refractivity contribution >= 4 is 27.7 Å². The monoisotopic (exact) mass is 473 g/mol. The van der Waals surface area contributed by atoms with E-state index in [0.29, 0.717) is 24.0 Å². The topological polar surface area (TPSA) is 88.2 Å².